The highest BCUT2D eigenvalue weighted by atomic mass is 16.5. The molecular formula is C25H34N8O2. The minimum Gasteiger partial charge on any atom is -0.478 e. The first-order valence-electron chi connectivity index (χ1n) is 12.1. The van der Waals surface area contributed by atoms with Crippen molar-refractivity contribution in [1.29, 1.82) is 0 Å². The summed E-state index contributed by atoms with van der Waals surface area (Å²) in [6.45, 7) is 9.92. The topological polar surface area (TPSA) is 110 Å². The molecule has 1 aliphatic rings. The number of rotatable bonds is 10. The summed E-state index contributed by atoms with van der Waals surface area (Å²) in [4.78, 5) is 28.1. The van der Waals surface area contributed by atoms with E-state index in [2.05, 4.69) is 37.6 Å². The number of nitrogens with zero attached hydrogens (tertiary/aromatic N) is 6. The molecular weight excluding hydrogens is 444 g/mol. The average molecular weight is 479 g/mol. The summed E-state index contributed by atoms with van der Waals surface area (Å²) in [5.74, 6) is 2.03. The van der Waals surface area contributed by atoms with Crippen LogP contribution in [0, 0.1) is 12.8 Å². The first-order chi connectivity index (χ1) is 16.9. The zero-order valence-corrected chi connectivity index (χ0v) is 21.1. The molecule has 0 aliphatic carbocycles. The molecule has 0 fully saturated rings. The van der Waals surface area contributed by atoms with Crippen LogP contribution in [-0.4, -0.2) is 50.3 Å². The molecule has 2 N–H and O–H groups in total. The molecule has 0 aromatic carbocycles. The van der Waals surface area contributed by atoms with E-state index in [0.29, 0.717) is 37.2 Å². The fourth-order valence-electron chi connectivity index (χ4n) is 4.16. The van der Waals surface area contributed by atoms with E-state index in [0.717, 1.165) is 35.5 Å². The van der Waals surface area contributed by atoms with E-state index in [9.17, 15) is 4.79 Å². The number of fused-ring (bicyclic) bond motifs is 1. The Balaban J connectivity index is 1.38. The number of hydrogen-bond acceptors (Lipinski definition) is 8. The van der Waals surface area contributed by atoms with Crippen LogP contribution in [-0.2, 0) is 17.9 Å². The number of unbranched alkanes of at least 4 members (excludes halogenated alkanes) is 1. The molecule has 10 nitrogen and oxygen atoms in total. The number of likely N-dealkylation sites (N-methyl/N-ethyl adjacent to an activating group) is 1. The van der Waals surface area contributed by atoms with Gasteiger partial charge in [0.25, 0.3) is 0 Å². The minimum absolute atomic E-state index is 0.0244. The van der Waals surface area contributed by atoms with Crippen molar-refractivity contribution >= 4 is 23.4 Å². The third kappa shape index (κ3) is 5.70. The van der Waals surface area contributed by atoms with Gasteiger partial charge in [0.1, 0.15) is 11.7 Å². The van der Waals surface area contributed by atoms with E-state index in [1.54, 1.807) is 0 Å². The fourth-order valence-corrected chi connectivity index (χ4v) is 4.16. The maximum atomic E-state index is 12.5. The lowest BCUT2D eigenvalue weighted by Crippen LogP contribution is -2.49. The molecule has 1 atom stereocenters. The van der Waals surface area contributed by atoms with Crippen molar-refractivity contribution in [3.8, 4) is 5.88 Å². The number of carbonyl (C=O) groups is 1. The second-order valence-corrected chi connectivity index (χ2v) is 9.23. The standard InChI is InChI=1S/C25H34N8O2/c1-6-7-10-35-20-9-8-18(11-26-20)14-33-15-19(13-28-33)12-27-25-29-17(4)21-23(31-25)32(5)22(16(2)3)24(34)30-21/h8-9,11,13,15-16,22H,6-7,10,12,14H2,1-5H3,(H,30,34)(H,27,29,31)/t22-/m0/s1. The van der Waals surface area contributed by atoms with Gasteiger partial charge in [0.15, 0.2) is 5.82 Å². The van der Waals surface area contributed by atoms with Crippen molar-refractivity contribution in [2.75, 3.05) is 29.2 Å². The van der Waals surface area contributed by atoms with Crippen molar-refractivity contribution in [1.82, 2.24) is 24.7 Å². The fraction of sp³-hybridized carbons (Fsp3) is 0.480. The van der Waals surface area contributed by atoms with Gasteiger partial charge in [-0.2, -0.15) is 10.1 Å². The number of ether oxygens (including phenoxy) is 1. The van der Waals surface area contributed by atoms with Crippen LogP contribution in [0.3, 0.4) is 0 Å². The predicted octanol–water partition coefficient (Wildman–Crippen LogP) is 3.63. The van der Waals surface area contributed by atoms with Gasteiger partial charge in [-0.25, -0.2) is 9.97 Å². The Morgan fingerprint density at radius 3 is 2.74 bits per heavy atom. The van der Waals surface area contributed by atoms with Crippen molar-refractivity contribution < 1.29 is 9.53 Å². The number of hydrogen-bond donors (Lipinski definition) is 2. The van der Waals surface area contributed by atoms with Crippen LogP contribution in [0.4, 0.5) is 17.5 Å². The maximum absolute atomic E-state index is 12.5. The highest BCUT2D eigenvalue weighted by Gasteiger charge is 2.35. The smallest absolute Gasteiger partial charge is 0.247 e. The predicted molar refractivity (Wildman–Crippen MR) is 136 cm³/mol. The summed E-state index contributed by atoms with van der Waals surface area (Å²) in [7, 11) is 1.90. The van der Waals surface area contributed by atoms with Crippen molar-refractivity contribution in [3.63, 3.8) is 0 Å². The van der Waals surface area contributed by atoms with E-state index in [1.165, 1.54) is 0 Å². The SMILES string of the molecule is CCCCOc1ccc(Cn2cc(CNc3nc(C)c4c(n3)N(C)[C@@H](C(C)C)C(=O)N4)cn2)cn1. The van der Waals surface area contributed by atoms with Gasteiger partial charge in [-0.15, -0.1) is 0 Å². The van der Waals surface area contributed by atoms with Gasteiger partial charge in [-0.05, 0) is 24.8 Å². The molecule has 0 radical (unpaired) electrons. The number of anilines is 3. The van der Waals surface area contributed by atoms with Crippen LogP contribution in [0.25, 0.3) is 0 Å². The molecule has 4 heterocycles. The van der Waals surface area contributed by atoms with E-state index in [1.807, 2.05) is 68.1 Å². The van der Waals surface area contributed by atoms with Gasteiger partial charge in [0.2, 0.25) is 17.7 Å². The third-order valence-corrected chi connectivity index (χ3v) is 6.00. The average Bonchev–Trinajstić information content (AvgIpc) is 3.27. The van der Waals surface area contributed by atoms with Gasteiger partial charge in [0.05, 0.1) is 25.0 Å². The molecule has 1 aliphatic heterocycles. The van der Waals surface area contributed by atoms with Gasteiger partial charge < -0.3 is 20.3 Å². The summed E-state index contributed by atoms with van der Waals surface area (Å²) >= 11 is 0. The normalized spacial score (nSPS) is 15.2. The van der Waals surface area contributed by atoms with Crippen molar-refractivity contribution in [2.24, 2.45) is 5.92 Å². The van der Waals surface area contributed by atoms with Gasteiger partial charge in [0, 0.05) is 37.6 Å². The molecule has 0 saturated carbocycles. The van der Waals surface area contributed by atoms with Crippen molar-refractivity contribution in [2.45, 2.75) is 59.7 Å². The molecule has 0 unspecified atom stereocenters. The molecule has 0 saturated heterocycles. The molecule has 10 heteroatoms. The minimum atomic E-state index is -0.269. The van der Waals surface area contributed by atoms with Crippen LogP contribution >= 0.6 is 0 Å². The molecule has 0 spiro atoms. The first-order valence-corrected chi connectivity index (χ1v) is 12.1. The summed E-state index contributed by atoms with van der Waals surface area (Å²) in [6.07, 6.45) is 7.76. The largest absolute Gasteiger partial charge is 0.478 e. The maximum Gasteiger partial charge on any atom is 0.247 e. The van der Waals surface area contributed by atoms with Crippen LogP contribution in [0.15, 0.2) is 30.7 Å². The molecule has 186 valence electrons. The monoisotopic (exact) mass is 478 g/mol. The Hall–Kier alpha value is -3.69. The third-order valence-electron chi connectivity index (χ3n) is 6.00. The Bertz CT molecular complexity index is 1160. The molecule has 1 amide bonds. The summed E-state index contributed by atoms with van der Waals surface area (Å²) < 4.78 is 7.50. The summed E-state index contributed by atoms with van der Waals surface area (Å²) in [5, 5.41) is 10.7. The van der Waals surface area contributed by atoms with Crippen LogP contribution in [0.5, 0.6) is 5.88 Å². The second kappa shape index (κ2) is 10.7. The van der Waals surface area contributed by atoms with E-state index < -0.39 is 0 Å². The first kappa shape index (κ1) is 24.4. The Morgan fingerprint density at radius 2 is 2.03 bits per heavy atom. The van der Waals surface area contributed by atoms with Gasteiger partial charge >= 0.3 is 0 Å². The van der Waals surface area contributed by atoms with Crippen LogP contribution in [0.2, 0.25) is 0 Å². The molecule has 3 aromatic heterocycles. The number of amides is 1. The molecule has 0 bridgehead atoms. The molecule has 4 rings (SSSR count). The van der Waals surface area contributed by atoms with Crippen LogP contribution in [0.1, 0.15) is 50.4 Å². The van der Waals surface area contributed by atoms with Crippen molar-refractivity contribution in [3.05, 3.63) is 47.5 Å². The quantitative estimate of drug-likeness (QED) is 0.425. The zero-order valence-electron chi connectivity index (χ0n) is 21.1. The number of carbonyl (C=O) groups excluding carboxylic acids is 1. The van der Waals surface area contributed by atoms with E-state index in [-0.39, 0.29) is 17.9 Å². The Labute approximate surface area is 206 Å². The summed E-state index contributed by atoms with van der Waals surface area (Å²) in [5.41, 5.74) is 3.46. The Morgan fingerprint density at radius 1 is 1.20 bits per heavy atom. The lowest BCUT2D eigenvalue weighted by atomic mass is 9.99. The second-order valence-electron chi connectivity index (χ2n) is 9.23. The Kier molecular flexibility index (Phi) is 7.48. The zero-order chi connectivity index (χ0) is 24.9. The van der Waals surface area contributed by atoms with Crippen LogP contribution < -0.4 is 20.3 Å². The van der Waals surface area contributed by atoms with Gasteiger partial charge in [-0.3, -0.25) is 9.48 Å². The van der Waals surface area contributed by atoms with E-state index in [4.69, 9.17) is 4.74 Å². The number of aryl methyl sites for hydroxylation is 1. The number of aromatic nitrogens is 5. The highest BCUT2D eigenvalue weighted by Crippen LogP contribution is 2.34. The van der Waals surface area contributed by atoms with Gasteiger partial charge in [-0.1, -0.05) is 33.3 Å². The number of nitrogens with one attached hydrogen (secondary N) is 2. The number of pyridine rings is 1. The highest BCUT2D eigenvalue weighted by molar-refractivity contribution is 6.03. The summed E-state index contributed by atoms with van der Waals surface area (Å²) in [6, 6.07) is 3.64. The lowest BCUT2D eigenvalue weighted by molar-refractivity contribution is -0.118. The lowest BCUT2D eigenvalue weighted by Gasteiger charge is -2.36. The van der Waals surface area contributed by atoms with E-state index >= 15 is 0 Å². The molecule has 35 heavy (non-hydrogen) atoms. The molecule has 3 aromatic rings.